The van der Waals surface area contributed by atoms with Crippen molar-refractivity contribution in [2.75, 3.05) is 5.32 Å². The highest BCUT2D eigenvalue weighted by atomic mass is 35.5. The van der Waals surface area contributed by atoms with Gasteiger partial charge < -0.3 is 5.32 Å². The lowest BCUT2D eigenvalue weighted by Crippen LogP contribution is -2.24. The van der Waals surface area contributed by atoms with Gasteiger partial charge in [0.25, 0.3) is 5.56 Å². The lowest BCUT2D eigenvalue weighted by Gasteiger charge is -2.12. The number of hydrogen-bond donors (Lipinski definition) is 2. The topological polar surface area (TPSA) is 87.7 Å². The highest BCUT2D eigenvalue weighted by molar-refractivity contribution is 8.00. The van der Waals surface area contributed by atoms with Crippen LogP contribution in [-0.2, 0) is 4.79 Å². The highest BCUT2D eigenvalue weighted by Gasteiger charge is 2.17. The second-order valence-electron chi connectivity index (χ2n) is 4.42. The summed E-state index contributed by atoms with van der Waals surface area (Å²) in [6, 6.07) is 4.79. The number of H-pyrrole nitrogens is 1. The van der Waals surface area contributed by atoms with Crippen LogP contribution < -0.4 is 10.9 Å². The van der Waals surface area contributed by atoms with Crippen molar-refractivity contribution in [1.82, 2.24) is 15.2 Å². The van der Waals surface area contributed by atoms with Crippen LogP contribution in [-0.4, -0.2) is 26.3 Å². The zero-order valence-electron chi connectivity index (χ0n) is 11.7. The summed E-state index contributed by atoms with van der Waals surface area (Å²) >= 11 is 12.9. The maximum Gasteiger partial charge on any atom is 0.273 e. The van der Waals surface area contributed by atoms with Crippen LogP contribution in [0.2, 0.25) is 10.0 Å². The summed E-state index contributed by atoms with van der Waals surface area (Å²) in [6.45, 7) is 3.23. The molecule has 0 saturated carbocycles. The maximum atomic E-state index is 12.2. The highest BCUT2D eigenvalue weighted by Crippen LogP contribution is 2.27. The van der Waals surface area contributed by atoms with Gasteiger partial charge in [0.15, 0.2) is 5.16 Å². The van der Waals surface area contributed by atoms with Crippen molar-refractivity contribution < 1.29 is 4.79 Å². The van der Waals surface area contributed by atoms with Gasteiger partial charge in [0.2, 0.25) is 5.91 Å². The molecule has 2 N–H and O–H groups in total. The van der Waals surface area contributed by atoms with Crippen LogP contribution >= 0.6 is 35.0 Å². The Labute approximate surface area is 140 Å². The number of carbonyl (C=O) groups is 1. The Morgan fingerprint density at radius 1 is 1.36 bits per heavy atom. The number of anilines is 1. The number of thioether (sulfide) groups is 1. The van der Waals surface area contributed by atoms with Crippen molar-refractivity contribution in [2.24, 2.45) is 0 Å². The molecule has 116 valence electrons. The number of halogens is 2. The molecule has 0 aliphatic carbocycles. The van der Waals surface area contributed by atoms with Crippen LogP contribution in [0.15, 0.2) is 28.2 Å². The fourth-order valence-corrected chi connectivity index (χ4v) is 2.56. The number of benzene rings is 1. The molecule has 2 rings (SSSR count). The van der Waals surface area contributed by atoms with Crippen molar-refractivity contribution in [3.05, 3.63) is 44.3 Å². The van der Waals surface area contributed by atoms with Crippen molar-refractivity contribution in [3.63, 3.8) is 0 Å². The van der Waals surface area contributed by atoms with Crippen LogP contribution in [0.25, 0.3) is 0 Å². The number of aromatic nitrogens is 3. The molecule has 0 spiro atoms. The van der Waals surface area contributed by atoms with Crippen molar-refractivity contribution >= 4 is 46.6 Å². The molecule has 1 heterocycles. The summed E-state index contributed by atoms with van der Waals surface area (Å²) < 4.78 is 0. The van der Waals surface area contributed by atoms with E-state index in [1.54, 1.807) is 32.0 Å². The number of aromatic amines is 1. The Morgan fingerprint density at radius 2 is 2.09 bits per heavy atom. The average molecular weight is 359 g/mol. The van der Waals surface area contributed by atoms with Crippen molar-refractivity contribution in [2.45, 2.75) is 24.3 Å². The molecule has 0 saturated heterocycles. The fraction of sp³-hybridized carbons (Fsp3) is 0.231. The van der Waals surface area contributed by atoms with E-state index in [4.69, 9.17) is 23.2 Å². The normalized spacial score (nSPS) is 12.0. The van der Waals surface area contributed by atoms with E-state index < -0.39 is 5.25 Å². The summed E-state index contributed by atoms with van der Waals surface area (Å²) in [5.74, 6) is -0.294. The van der Waals surface area contributed by atoms with Crippen molar-refractivity contribution in [3.8, 4) is 0 Å². The molecule has 1 unspecified atom stereocenters. The summed E-state index contributed by atoms with van der Waals surface area (Å²) in [4.78, 5) is 26.2. The molecule has 22 heavy (non-hydrogen) atoms. The number of carbonyl (C=O) groups excluding carboxylic acids is 1. The third kappa shape index (κ3) is 4.22. The molecule has 9 heteroatoms. The number of nitrogens with zero attached hydrogens (tertiary/aromatic N) is 2. The minimum absolute atomic E-state index is 0.271. The Morgan fingerprint density at radius 3 is 2.77 bits per heavy atom. The Bertz CT molecular complexity index is 766. The molecule has 0 aliphatic heterocycles. The molecule has 1 aromatic heterocycles. The molecule has 1 atom stereocenters. The number of aryl methyl sites for hydroxylation is 1. The molecule has 1 amide bonds. The molecule has 0 radical (unpaired) electrons. The Hall–Kier alpha value is -1.57. The monoisotopic (exact) mass is 358 g/mol. The fourth-order valence-electron chi connectivity index (χ4n) is 1.48. The van der Waals surface area contributed by atoms with Crippen LogP contribution in [0, 0.1) is 6.92 Å². The molecular weight excluding hydrogens is 347 g/mol. The van der Waals surface area contributed by atoms with Crippen LogP contribution in [0.1, 0.15) is 12.6 Å². The molecule has 1 aromatic carbocycles. The van der Waals surface area contributed by atoms with Gasteiger partial charge in [-0.05, 0) is 32.0 Å². The number of rotatable bonds is 4. The summed E-state index contributed by atoms with van der Waals surface area (Å²) in [6.07, 6.45) is 0. The Balaban J connectivity index is 2.07. The maximum absolute atomic E-state index is 12.2. The van der Waals surface area contributed by atoms with E-state index in [0.29, 0.717) is 15.7 Å². The minimum atomic E-state index is -0.511. The lowest BCUT2D eigenvalue weighted by molar-refractivity contribution is -0.115. The first-order chi connectivity index (χ1) is 10.4. The molecule has 0 aliphatic rings. The largest absolute Gasteiger partial charge is 0.324 e. The smallest absolute Gasteiger partial charge is 0.273 e. The van der Waals surface area contributed by atoms with E-state index in [1.165, 1.54) is 0 Å². The number of amides is 1. The third-order valence-corrected chi connectivity index (χ3v) is 4.22. The number of nitrogens with one attached hydrogen (secondary N) is 2. The molecule has 2 aromatic rings. The molecule has 0 bridgehead atoms. The first-order valence-electron chi connectivity index (χ1n) is 6.23. The van der Waals surface area contributed by atoms with Gasteiger partial charge in [0.05, 0.1) is 16.0 Å². The minimum Gasteiger partial charge on any atom is -0.324 e. The van der Waals surface area contributed by atoms with E-state index >= 15 is 0 Å². The molecule has 0 fully saturated rings. The molecular formula is C13H12Cl2N4O2S. The van der Waals surface area contributed by atoms with Gasteiger partial charge in [-0.3, -0.25) is 14.6 Å². The van der Waals surface area contributed by atoms with E-state index in [1.807, 2.05) is 0 Å². The van der Waals surface area contributed by atoms with Gasteiger partial charge in [-0.1, -0.05) is 35.0 Å². The van der Waals surface area contributed by atoms with Gasteiger partial charge in [0, 0.05) is 5.02 Å². The zero-order chi connectivity index (χ0) is 16.3. The van der Waals surface area contributed by atoms with Gasteiger partial charge in [0.1, 0.15) is 5.69 Å². The third-order valence-electron chi connectivity index (χ3n) is 2.68. The van der Waals surface area contributed by atoms with Gasteiger partial charge in [-0.25, -0.2) is 0 Å². The second kappa shape index (κ2) is 7.13. The SMILES string of the molecule is Cc1nnc(SC(C)C(=O)Nc2cc(Cl)ccc2Cl)[nH]c1=O. The predicted octanol–water partition coefficient (Wildman–Crippen LogP) is 2.90. The average Bonchev–Trinajstić information content (AvgIpc) is 2.46. The van der Waals surface area contributed by atoms with Crippen molar-refractivity contribution in [1.29, 1.82) is 0 Å². The van der Waals surface area contributed by atoms with Crippen LogP contribution in [0.5, 0.6) is 0 Å². The van der Waals surface area contributed by atoms with Gasteiger partial charge >= 0.3 is 0 Å². The second-order valence-corrected chi connectivity index (χ2v) is 6.59. The van der Waals surface area contributed by atoms with E-state index in [9.17, 15) is 9.59 Å². The molecule has 6 nitrogen and oxygen atoms in total. The number of hydrogen-bond acceptors (Lipinski definition) is 5. The Kier molecular flexibility index (Phi) is 5.44. The predicted molar refractivity (Wildman–Crippen MR) is 87.8 cm³/mol. The summed E-state index contributed by atoms with van der Waals surface area (Å²) in [5.41, 5.74) is 0.366. The summed E-state index contributed by atoms with van der Waals surface area (Å²) in [5, 5.41) is 10.8. The summed E-state index contributed by atoms with van der Waals surface area (Å²) in [7, 11) is 0. The first-order valence-corrected chi connectivity index (χ1v) is 7.86. The van der Waals surface area contributed by atoms with Crippen LogP contribution in [0.3, 0.4) is 0 Å². The first kappa shape index (κ1) is 16.8. The zero-order valence-corrected chi connectivity index (χ0v) is 14.0. The lowest BCUT2D eigenvalue weighted by atomic mass is 10.3. The van der Waals surface area contributed by atoms with E-state index in [-0.39, 0.29) is 22.3 Å². The standard InChI is InChI=1S/C13H12Cl2N4O2S/c1-6-11(20)17-13(19-18-6)22-7(2)12(21)16-10-5-8(14)3-4-9(10)15/h3-5,7H,1-2H3,(H,16,21)(H,17,19,20). The quantitative estimate of drug-likeness (QED) is 0.820. The van der Waals surface area contributed by atoms with E-state index in [0.717, 1.165) is 11.8 Å². The van der Waals surface area contributed by atoms with Gasteiger partial charge in [-0.2, -0.15) is 0 Å². The van der Waals surface area contributed by atoms with Crippen LogP contribution in [0.4, 0.5) is 5.69 Å². The van der Waals surface area contributed by atoms with Gasteiger partial charge in [-0.15, -0.1) is 10.2 Å². The van der Waals surface area contributed by atoms with E-state index in [2.05, 4.69) is 20.5 Å².